The lowest BCUT2D eigenvalue weighted by atomic mass is 10.0. The minimum Gasteiger partial charge on any atom is -0.369 e. The summed E-state index contributed by atoms with van der Waals surface area (Å²) in [5, 5.41) is 0. The van der Waals surface area contributed by atoms with Crippen LogP contribution >= 0.6 is 0 Å². The molecule has 2 atom stereocenters. The lowest BCUT2D eigenvalue weighted by molar-refractivity contribution is -0.149. The number of carbonyl (C=O) groups excluding carboxylic acids is 1. The van der Waals surface area contributed by atoms with Crippen molar-refractivity contribution in [2.45, 2.75) is 39.3 Å². The molecule has 0 aromatic heterocycles. The maximum absolute atomic E-state index is 11.7. The lowest BCUT2D eigenvalue weighted by Gasteiger charge is -2.37. The molecule has 0 saturated carbocycles. The lowest BCUT2D eigenvalue weighted by Crippen LogP contribution is -2.53. The Morgan fingerprint density at radius 2 is 2.20 bits per heavy atom. The maximum atomic E-state index is 11.7. The summed E-state index contributed by atoms with van der Waals surface area (Å²) in [7, 11) is 0. The van der Waals surface area contributed by atoms with E-state index in [0.717, 1.165) is 6.42 Å². The van der Waals surface area contributed by atoms with Gasteiger partial charge in [0, 0.05) is 12.6 Å². The Labute approximate surface area is 91.8 Å². The highest BCUT2D eigenvalue weighted by molar-refractivity contribution is 5.78. The van der Waals surface area contributed by atoms with E-state index < -0.39 is 0 Å². The summed E-state index contributed by atoms with van der Waals surface area (Å²) >= 11 is 0. The Kier molecular flexibility index (Phi) is 4.54. The van der Waals surface area contributed by atoms with Gasteiger partial charge in [-0.05, 0) is 19.3 Å². The van der Waals surface area contributed by atoms with Crippen molar-refractivity contribution in [2.24, 2.45) is 11.7 Å². The number of amides is 1. The van der Waals surface area contributed by atoms with Crippen molar-refractivity contribution in [2.75, 3.05) is 19.8 Å². The van der Waals surface area contributed by atoms with Gasteiger partial charge in [-0.15, -0.1) is 0 Å². The third-order valence-corrected chi connectivity index (χ3v) is 2.53. The summed E-state index contributed by atoms with van der Waals surface area (Å²) in [6, 6.07) is 0.235. The smallest absolute Gasteiger partial charge is 0.248 e. The van der Waals surface area contributed by atoms with Crippen LogP contribution in [0.5, 0.6) is 0 Å². The first-order chi connectivity index (χ1) is 7.00. The quantitative estimate of drug-likeness (QED) is 0.746. The number of morpholine rings is 1. The molecule has 88 valence electrons. The SMILES string of the molecule is CC(C)CC1COCC(=O)N1CC(C)N. The van der Waals surface area contributed by atoms with Crippen LogP contribution in [0, 0.1) is 5.92 Å². The van der Waals surface area contributed by atoms with Crippen molar-refractivity contribution in [3.05, 3.63) is 0 Å². The van der Waals surface area contributed by atoms with Gasteiger partial charge in [-0.1, -0.05) is 13.8 Å². The van der Waals surface area contributed by atoms with E-state index in [0.29, 0.717) is 19.1 Å². The molecule has 1 fully saturated rings. The number of carbonyl (C=O) groups is 1. The van der Waals surface area contributed by atoms with Crippen molar-refractivity contribution >= 4 is 5.91 Å². The number of nitrogens with zero attached hydrogens (tertiary/aromatic N) is 1. The average Bonchev–Trinajstić information content (AvgIpc) is 2.09. The molecule has 0 radical (unpaired) electrons. The summed E-state index contributed by atoms with van der Waals surface area (Å²) in [6.45, 7) is 7.74. The molecular formula is C11H22N2O2. The Morgan fingerprint density at radius 3 is 2.73 bits per heavy atom. The van der Waals surface area contributed by atoms with Crippen LogP contribution in [0.2, 0.25) is 0 Å². The van der Waals surface area contributed by atoms with Gasteiger partial charge in [0.05, 0.1) is 12.6 Å². The second-order valence-electron chi connectivity index (χ2n) is 4.82. The van der Waals surface area contributed by atoms with Crippen molar-refractivity contribution in [1.29, 1.82) is 0 Å². The first kappa shape index (κ1) is 12.5. The van der Waals surface area contributed by atoms with Gasteiger partial charge >= 0.3 is 0 Å². The highest BCUT2D eigenvalue weighted by atomic mass is 16.5. The van der Waals surface area contributed by atoms with Crippen LogP contribution < -0.4 is 5.73 Å². The third-order valence-electron chi connectivity index (χ3n) is 2.53. The van der Waals surface area contributed by atoms with E-state index in [1.807, 2.05) is 11.8 Å². The predicted octanol–water partition coefficient (Wildman–Crippen LogP) is 0.607. The van der Waals surface area contributed by atoms with Crippen molar-refractivity contribution < 1.29 is 9.53 Å². The second-order valence-corrected chi connectivity index (χ2v) is 4.82. The number of hydrogen-bond acceptors (Lipinski definition) is 3. The third kappa shape index (κ3) is 3.80. The van der Waals surface area contributed by atoms with Crippen LogP contribution in [0.25, 0.3) is 0 Å². The number of rotatable bonds is 4. The molecular weight excluding hydrogens is 192 g/mol. The summed E-state index contributed by atoms with van der Waals surface area (Å²) in [4.78, 5) is 13.6. The predicted molar refractivity (Wildman–Crippen MR) is 59.4 cm³/mol. The topological polar surface area (TPSA) is 55.6 Å². The van der Waals surface area contributed by atoms with Crippen LogP contribution in [-0.2, 0) is 9.53 Å². The van der Waals surface area contributed by atoms with Crippen molar-refractivity contribution in [1.82, 2.24) is 4.90 Å². The zero-order valence-electron chi connectivity index (χ0n) is 9.90. The van der Waals surface area contributed by atoms with Gasteiger partial charge < -0.3 is 15.4 Å². The molecule has 0 aromatic rings. The summed E-state index contributed by atoms with van der Waals surface area (Å²) in [5.74, 6) is 0.643. The molecule has 0 spiro atoms. The van der Waals surface area contributed by atoms with Crippen LogP contribution in [-0.4, -0.2) is 42.6 Å². The molecule has 1 rings (SSSR count). The van der Waals surface area contributed by atoms with Crippen LogP contribution in [0.15, 0.2) is 0 Å². The van der Waals surface area contributed by atoms with Crippen molar-refractivity contribution in [3.63, 3.8) is 0 Å². The monoisotopic (exact) mass is 214 g/mol. The largest absolute Gasteiger partial charge is 0.369 e. The number of hydrogen-bond donors (Lipinski definition) is 1. The average molecular weight is 214 g/mol. The number of nitrogens with two attached hydrogens (primary N) is 1. The minimum absolute atomic E-state index is 0.0294. The van der Waals surface area contributed by atoms with Crippen LogP contribution in [0.1, 0.15) is 27.2 Å². The fraction of sp³-hybridized carbons (Fsp3) is 0.909. The summed E-state index contributed by atoms with van der Waals surface area (Å²) in [5.41, 5.74) is 5.74. The van der Waals surface area contributed by atoms with Crippen molar-refractivity contribution in [3.8, 4) is 0 Å². The van der Waals surface area contributed by atoms with E-state index in [1.165, 1.54) is 0 Å². The molecule has 2 unspecified atom stereocenters. The molecule has 1 aliphatic rings. The zero-order valence-corrected chi connectivity index (χ0v) is 9.90. The van der Waals surface area contributed by atoms with Crippen LogP contribution in [0.3, 0.4) is 0 Å². The molecule has 0 aliphatic carbocycles. The second kappa shape index (κ2) is 5.47. The molecule has 1 saturated heterocycles. The molecule has 1 aliphatic heterocycles. The van der Waals surface area contributed by atoms with Gasteiger partial charge in [0.2, 0.25) is 5.91 Å². The van der Waals surface area contributed by atoms with E-state index in [4.69, 9.17) is 10.5 Å². The molecule has 0 bridgehead atoms. The molecule has 4 nitrogen and oxygen atoms in total. The minimum atomic E-state index is 0.0294. The van der Waals surface area contributed by atoms with E-state index in [1.54, 1.807) is 0 Å². The Morgan fingerprint density at radius 1 is 1.53 bits per heavy atom. The van der Waals surface area contributed by atoms with Crippen LogP contribution in [0.4, 0.5) is 0 Å². The molecule has 4 heteroatoms. The first-order valence-corrected chi connectivity index (χ1v) is 5.63. The van der Waals surface area contributed by atoms with E-state index >= 15 is 0 Å². The molecule has 0 aromatic carbocycles. The maximum Gasteiger partial charge on any atom is 0.248 e. The van der Waals surface area contributed by atoms with Gasteiger partial charge in [0.25, 0.3) is 0 Å². The fourth-order valence-corrected chi connectivity index (χ4v) is 1.96. The molecule has 1 heterocycles. The van der Waals surface area contributed by atoms with Gasteiger partial charge in [-0.25, -0.2) is 0 Å². The Bertz CT molecular complexity index is 217. The molecule has 2 N–H and O–H groups in total. The van der Waals surface area contributed by atoms with Gasteiger partial charge in [-0.2, -0.15) is 0 Å². The van der Waals surface area contributed by atoms with E-state index in [2.05, 4.69) is 13.8 Å². The standard InChI is InChI=1S/C11H22N2O2/c1-8(2)4-10-6-15-7-11(14)13(10)5-9(3)12/h8-10H,4-7,12H2,1-3H3. The Hall–Kier alpha value is -0.610. The molecule has 1 amide bonds. The van der Waals surface area contributed by atoms with Gasteiger partial charge in [0.15, 0.2) is 0 Å². The summed E-state index contributed by atoms with van der Waals surface area (Å²) < 4.78 is 5.28. The number of ether oxygens (including phenoxy) is 1. The summed E-state index contributed by atoms with van der Waals surface area (Å²) in [6.07, 6.45) is 0.985. The Balaban J connectivity index is 2.60. The first-order valence-electron chi connectivity index (χ1n) is 5.63. The van der Waals surface area contributed by atoms with E-state index in [9.17, 15) is 4.79 Å². The van der Waals surface area contributed by atoms with Gasteiger partial charge in [-0.3, -0.25) is 4.79 Å². The zero-order chi connectivity index (χ0) is 11.4. The van der Waals surface area contributed by atoms with E-state index in [-0.39, 0.29) is 24.6 Å². The fourth-order valence-electron chi connectivity index (χ4n) is 1.96. The van der Waals surface area contributed by atoms with Gasteiger partial charge in [0.1, 0.15) is 6.61 Å². The molecule has 15 heavy (non-hydrogen) atoms. The highest BCUT2D eigenvalue weighted by Gasteiger charge is 2.29. The highest BCUT2D eigenvalue weighted by Crippen LogP contribution is 2.16. The normalized spacial score (nSPS) is 24.7.